The number of aryl methyl sites for hydroxylation is 1. The first kappa shape index (κ1) is 16.2. The molecule has 0 amide bonds. The van der Waals surface area contributed by atoms with Gasteiger partial charge in [0, 0.05) is 18.5 Å². The van der Waals surface area contributed by atoms with Crippen LogP contribution in [0.1, 0.15) is 32.2 Å². The second kappa shape index (κ2) is 6.11. The summed E-state index contributed by atoms with van der Waals surface area (Å²) in [6, 6.07) is 8.46. The molecule has 0 aliphatic carbocycles. The predicted octanol–water partition coefficient (Wildman–Crippen LogP) is 4.12. The first-order valence-electron chi connectivity index (χ1n) is 7.82. The molecule has 0 saturated heterocycles. The van der Waals surface area contributed by atoms with Gasteiger partial charge in [0.15, 0.2) is 0 Å². The molecule has 0 fully saturated rings. The Balaban J connectivity index is 1.73. The number of anilines is 1. The third-order valence-corrected chi connectivity index (χ3v) is 3.75. The van der Waals surface area contributed by atoms with Crippen LogP contribution in [-0.2, 0) is 19.0 Å². The van der Waals surface area contributed by atoms with Gasteiger partial charge in [-0.15, -0.1) is 0 Å². The monoisotopic (exact) mass is 328 g/mol. The van der Waals surface area contributed by atoms with E-state index in [0.29, 0.717) is 17.8 Å². The third kappa shape index (κ3) is 3.32. The van der Waals surface area contributed by atoms with Gasteiger partial charge in [-0.05, 0) is 12.1 Å². The van der Waals surface area contributed by atoms with Crippen molar-refractivity contribution < 1.29 is 8.81 Å². The number of nitrogens with zero attached hydrogens (tertiary/aromatic N) is 3. The molecule has 0 aliphatic heterocycles. The van der Waals surface area contributed by atoms with Crippen LogP contribution in [0.25, 0.3) is 11.5 Å². The highest BCUT2D eigenvalue weighted by Gasteiger charge is 2.19. The van der Waals surface area contributed by atoms with Crippen molar-refractivity contribution in [3.63, 3.8) is 0 Å². The van der Waals surface area contributed by atoms with E-state index < -0.39 is 0 Å². The van der Waals surface area contributed by atoms with E-state index in [1.807, 2.05) is 13.1 Å². The number of hydrogen-bond donors (Lipinski definition) is 1. The Morgan fingerprint density at radius 1 is 1.25 bits per heavy atom. The van der Waals surface area contributed by atoms with E-state index in [4.69, 9.17) is 4.42 Å². The van der Waals surface area contributed by atoms with Gasteiger partial charge in [-0.25, -0.2) is 9.37 Å². The molecule has 2 aromatic heterocycles. The van der Waals surface area contributed by atoms with Crippen molar-refractivity contribution in [3.8, 4) is 11.5 Å². The average molecular weight is 328 g/mol. The van der Waals surface area contributed by atoms with E-state index in [-0.39, 0.29) is 17.1 Å². The molecule has 1 aromatic carbocycles. The molecule has 0 aliphatic rings. The summed E-state index contributed by atoms with van der Waals surface area (Å²) in [5, 5.41) is 7.80. The van der Waals surface area contributed by atoms with Crippen molar-refractivity contribution in [1.29, 1.82) is 0 Å². The van der Waals surface area contributed by atoms with Crippen LogP contribution in [0, 0.1) is 5.82 Å². The topological polar surface area (TPSA) is 55.9 Å². The van der Waals surface area contributed by atoms with Gasteiger partial charge in [-0.3, -0.25) is 4.68 Å². The first-order valence-corrected chi connectivity index (χ1v) is 7.82. The molecule has 0 atom stereocenters. The van der Waals surface area contributed by atoms with Gasteiger partial charge in [-0.1, -0.05) is 32.9 Å². The molecule has 24 heavy (non-hydrogen) atoms. The lowest BCUT2D eigenvalue weighted by atomic mass is 9.92. The van der Waals surface area contributed by atoms with Crippen LogP contribution >= 0.6 is 0 Å². The van der Waals surface area contributed by atoms with Crippen LogP contribution in [0.4, 0.5) is 10.2 Å². The highest BCUT2D eigenvalue weighted by Crippen LogP contribution is 2.24. The number of benzene rings is 1. The van der Waals surface area contributed by atoms with E-state index >= 15 is 0 Å². The maximum atomic E-state index is 13.8. The van der Waals surface area contributed by atoms with Crippen LogP contribution < -0.4 is 5.32 Å². The normalized spacial score (nSPS) is 11.7. The molecule has 5 nitrogen and oxygen atoms in total. The SMILES string of the molecule is Cn1nc(C(C)(C)C)cc1NCc1coc(-c2ccccc2F)n1. The fraction of sp³-hybridized carbons (Fsp3) is 0.333. The molecule has 6 heteroatoms. The number of oxazole rings is 1. The lowest BCUT2D eigenvalue weighted by Crippen LogP contribution is -2.12. The Bertz CT molecular complexity index is 845. The summed E-state index contributed by atoms with van der Waals surface area (Å²) in [7, 11) is 1.89. The molecule has 0 bridgehead atoms. The van der Waals surface area contributed by atoms with Gasteiger partial charge in [0.2, 0.25) is 5.89 Å². The average Bonchev–Trinajstić information content (AvgIpc) is 3.12. The minimum Gasteiger partial charge on any atom is -0.444 e. The third-order valence-electron chi connectivity index (χ3n) is 3.75. The van der Waals surface area contributed by atoms with Crippen molar-refractivity contribution in [1.82, 2.24) is 14.8 Å². The minimum atomic E-state index is -0.347. The van der Waals surface area contributed by atoms with Gasteiger partial charge in [0.1, 0.15) is 17.9 Å². The maximum Gasteiger partial charge on any atom is 0.229 e. The number of nitrogens with one attached hydrogen (secondary N) is 1. The molecule has 1 N–H and O–H groups in total. The number of halogens is 1. The Morgan fingerprint density at radius 3 is 2.67 bits per heavy atom. The van der Waals surface area contributed by atoms with Crippen LogP contribution in [-0.4, -0.2) is 14.8 Å². The summed E-state index contributed by atoms with van der Waals surface area (Å²) in [5.74, 6) is 0.834. The highest BCUT2D eigenvalue weighted by atomic mass is 19.1. The van der Waals surface area contributed by atoms with Crippen molar-refractivity contribution >= 4 is 5.82 Å². The van der Waals surface area contributed by atoms with Crippen LogP contribution in [0.5, 0.6) is 0 Å². The van der Waals surface area contributed by atoms with E-state index in [1.54, 1.807) is 22.9 Å². The summed E-state index contributed by atoms with van der Waals surface area (Å²) in [5.41, 5.74) is 2.06. The van der Waals surface area contributed by atoms with E-state index in [0.717, 1.165) is 11.5 Å². The Labute approximate surface area is 140 Å². The van der Waals surface area contributed by atoms with Crippen molar-refractivity contribution in [2.45, 2.75) is 32.7 Å². The molecule has 2 heterocycles. The van der Waals surface area contributed by atoms with Crippen LogP contribution in [0.15, 0.2) is 41.0 Å². The van der Waals surface area contributed by atoms with Gasteiger partial charge >= 0.3 is 0 Å². The van der Waals surface area contributed by atoms with E-state index in [2.05, 4.69) is 36.2 Å². The second-order valence-electron chi connectivity index (χ2n) is 6.77. The summed E-state index contributed by atoms with van der Waals surface area (Å²) in [6.45, 7) is 6.84. The van der Waals surface area contributed by atoms with E-state index in [1.165, 1.54) is 12.3 Å². The van der Waals surface area contributed by atoms with Crippen LogP contribution in [0.2, 0.25) is 0 Å². The fourth-order valence-corrected chi connectivity index (χ4v) is 2.33. The van der Waals surface area contributed by atoms with E-state index in [9.17, 15) is 4.39 Å². The molecule has 0 unspecified atom stereocenters. The largest absolute Gasteiger partial charge is 0.444 e. The quantitative estimate of drug-likeness (QED) is 0.782. The zero-order valence-electron chi connectivity index (χ0n) is 14.3. The molecular weight excluding hydrogens is 307 g/mol. The zero-order valence-corrected chi connectivity index (χ0v) is 14.3. The van der Waals surface area contributed by atoms with Crippen molar-refractivity contribution in [3.05, 3.63) is 53.8 Å². The van der Waals surface area contributed by atoms with Crippen molar-refractivity contribution in [2.24, 2.45) is 7.05 Å². The Kier molecular flexibility index (Phi) is 4.13. The fourth-order valence-electron chi connectivity index (χ4n) is 2.33. The standard InChI is InChI=1S/C18H21FN4O/c1-18(2,3)15-9-16(23(4)22-15)20-10-12-11-24-17(21-12)13-7-5-6-8-14(13)19/h5-9,11,20H,10H2,1-4H3. The second-order valence-corrected chi connectivity index (χ2v) is 6.77. The van der Waals surface area contributed by atoms with Gasteiger partial charge < -0.3 is 9.73 Å². The van der Waals surface area contributed by atoms with Gasteiger partial charge in [-0.2, -0.15) is 5.10 Å². The smallest absolute Gasteiger partial charge is 0.229 e. The van der Waals surface area contributed by atoms with Gasteiger partial charge in [0.25, 0.3) is 0 Å². The lowest BCUT2D eigenvalue weighted by molar-refractivity contribution is 0.553. The summed E-state index contributed by atoms with van der Waals surface area (Å²) < 4.78 is 21.0. The van der Waals surface area contributed by atoms with Crippen LogP contribution in [0.3, 0.4) is 0 Å². The summed E-state index contributed by atoms with van der Waals surface area (Å²) >= 11 is 0. The molecular formula is C18H21FN4O. The number of rotatable bonds is 4. The minimum absolute atomic E-state index is 0.0103. The molecule has 3 rings (SSSR count). The molecule has 0 radical (unpaired) electrons. The maximum absolute atomic E-state index is 13.8. The molecule has 126 valence electrons. The summed E-state index contributed by atoms with van der Waals surface area (Å²) in [4.78, 5) is 4.34. The molecule has 0 spiro atoms. The van der Waals surface area contributed by atoms with Gasteiger partial charge in [0.05, 0.1) is 23.5 Å². The first-order chi connectivity index (χ1) is 11.3. The summed E-state index contributed by atoms with van der Waals surface area (Å²) in [6.07, 6.45) is 1.54. The highest BCUT2D eigenvalue weighted by molar-refractivity contribution is 5.54. The predicted molar refractivity (Wildman–Crippen MR) is 91.1 cm³/mol. The van der Waals surface area contributed by atoms with Crippen molar-refractivity contribution in [2.75, 3.05) is 5.32 Å². The number of aromatic nitrogens is 3. The Hall–Kier alpha value is -2.63. The Morgan fingerprint density at radius 2 is 2.00 bits per heavy atom. The zero-order chi connectivity index (χ0) is 17.3. The lowest BCUT2D eigenvalue weighted by Gasteiger charge is -2.13. The molecule has 3 aromatic rings. The molecule has 0 saturated carbocycles. The number of hydrogen-bond acceptors (Lipinski definition) is 4.